The van der Waals surface area contributed by atoms with Gasteiger partial charge in [0.05, 0.1) is 6.26 Å². The second kappa shape index (κ2) is 9.45. The van der Waals surface area contributed by atoms with Crippen molar-refractivity contribution in [2.75, 3.05) is 50.5 Å². The molecule has 1 aromatic carbocycles. The highest BCUT2D eigenvalue weighted by atomic mass is 16.5. The molecule has 0 bridgehead atoms. The van der Waals surface area contributed by atoms with Crippen molar-refractivity contribution in [2.45, 2.75) is 19.3 Å². The van der Waals surface area contributed by atoms with Crippen LogP contribution in [-0.2, 0) is 6.42 Å². The Morgan fingerprint density at radius 3 is 2.67 bits per heavy atom. The molecule has 0 radical (unpaired) electrons. The summed E-state index contributed by atoms with van der Waals surface area (Å²) in [6.07, 6.45) is 5.02. The molecule has 1 saturated heterocycles. The summed E-state index contributed by atoms with van der Waals surface area (Å²) in [4.78, 5) is 17.7. The van der Waals surface area contributed by atoms with Crippen LogP contribution in [0.25, 0.3) is 17.4 Å². The Morgan fingerprint density at radius 1 is 1.09 bits per heavy atom. The van der Waals surface area contributed by atoms with E-state index < -0.39 is 0 Å². The molecule has 172 valence electrons. The Balaban J connectivity index is 1.17. The fourth-order valence-corrected chi connectivity index (χ4v) is 3.92. The third kappa shape index (κ3) is 4.90. The van der Waals surface area contributed by atoms with E-state index in [9.17, 15) is 0 Å². The number of hydrogen-bond acceptors (Lipinski definition) is 9. The van der Waals surface area contributed by atoms with Gasteiger partial charge in [-0.05, 0) is 62.2 Å². The van der Waals surface area contributed by atoms with E-state index in [4.69, 9.17) is 14.9 Å². The molecule has 1 fully saturated rings. The van der Waals surface area contributed by atoms with Gasteiger partial charge >= 0.3 is 0 Å². The van der Waals surface area contributed by atoms with Gasteiger partial charge in [-0.2, -0.15) is 19.5 Å². The number of nitrogen functional groups attached to an aromatic ring is 1. The largest absolute Gasteiger partial charge is 0.492 e. The van der Waals surface area contributed by atoms with Crippen LogP contribution >= 0.6 is 0 Å². The number of anilines is 2. The van der Waals surface area contributed by atoms with E-state index in [0.717, 1.165) is 31.9 Å². The smallest absolute Gasteiger partial charge is 0.259 e. The zero-order valence-electron chi connectivity index (χ0n) is 18.7. The normalized spacial score (nSPS) is 14.2. The van der Waals surface area contributed by atoms with Crippen LogP contribution < -0.4 is 15.4 Å². The molecule has 0 saturated carbocycles. The third-order valence-corrected chi connectivity index (χ3v) is 5.84. The second-order valence-electron chi connectivity index (χ2n) is 8.22. The Bertz CT molecular complexity index is 1180. The van der Waals surface area contributed by atoms with Gasteiger partial charge in [0.2, 0.25) is 17.7 Å². The SMILES string of the molecule is CN(CCc1ccc(OCCN2CCCC2)cc1)c1nc(N)n2nc(-c3ccco3)nc2n1. The number of likely N-dealkylation sites (N-methyl/N-ethyl adjacent to an activating group) is 1. The Morgan fingerprint density at radius 2 is 1.91 bits per heavy atom. The van der Waals surface area contributed by atoms with Gasteiger partial charge in [0.1, 0.15) is 12.4 Å². The molecule has 4 aromatic rings. The van der Waals surface area contributed by atoms with Gasteiger partial charge in [-0.15, -0.1) is 5.10 Å². The van der Waals surface area contributed by atoms with Gasteiger partial charge in [0, 0.05) is 20.1 Å². The van der Waals surface area contributed by atoms with Crippen LogP contribution in [0.2, 0.25) is 0 Å². The highest BCUT2D eigenvalue weighted by Crippen LogP contribution is 2.19. The average Bonchev–Trinajstić information content (AvgIpc) is 3.60. The first-order valence-electron chi connectivity index (χ1n) is 11.2. The minimum absolute atomic E-state index is 0.225. The van der Waals surface area contributed by atoms with Crippen LogP contribution in [0.1, 0.15) is 18.4 Å². The first-order chi connectivity index (χ1) is 16.2. The molecule has 5 rings (SSSR count). The predicted octanol–water partition coefficient (Wildman–Crippen LogP) is 2.51. The maximum Gasteiger partial charge on any atom is 0.259 e. The summed E-state index contributed by atoms with van der Waals surface area (Å²) < 4.78 is 12.7. The fraction of sp³-hybridized carbons (Fsp3) is 0.391. The molecular weight excluding hydrogens is 420 g/mol. The minimum Gasteiger partial charge on any atom is -0.492 e. The average molecular weight is 449 g/mol. The summed E-state index contributed by atoms with van der Waals surface area (Å²) >= 11 is 0. The van der Waals surface area contributed by atoms with E-state index in [1.54, 1.807) is 18.4 Å². The van der Waals surface area contributed by atoms with E-state index in [2.05, 4.69) is 37.1 Å². The van der Waals surface area contributed by atoms with Crippen molar-refractivity contribution in [3.05, 3.63) is 48.2 Å². The summed E-state index contributed by atoms with van der Waals surface area (Å²) in [6.45, 7) is 4.84. The van der Waals surface area contributed by atoms with E-state index in [1.807, 2.05) is 24.1 Å². The van der Waals surface area contributed by atoms with Crippen LogP contribution in [0.4, 0.5) is 11.9 Å². The monoisotopic (exact) mass is 448 g/mol. The van der Waals surface area contributed by atoms with Gasteiger partial charge < -0.3 is 19.8 Å². The molecule has 0 unspecified atom stereocenters. The molecule has 3 aromatic heterocycles. The first kappa shape index (κ1) is 21.2. The minimum atomic E-state index is 0.225. The van der Waals surface area contributed by atoms with Gasteiger partial charge in [-0.3, -0.25) is 4.90 Å². The lowest BCUT2D eigenvalue weighted by molar-refractivity contribution is 0.238. The molecule has 33 heavy (non-hydrogen) atoms. The quantitative estimate of drug-likeness (QED) is 0.413. The molecule has 0 amide bonds. The lowest BCUT2D eigenvalue weighted by Gasteiger charge is -2.17. The maximum atomic E-state index is 6.10. The third-order valence-electron chi connectivity index (χ3n) is 5.84. The summed E-state index contributed by atoms with van der Waals surface area (Å²) in [6, 6.07) is 11.8. The van der Waals surface area contributed by atoms with E-state index in [0.29, 0.717) is 23.3 Å². The molecule has 0 aliphatic carbocycles. The van der Waals surface area contributed by atoms with Gasteiger partial charge in [0.25, 0.3) is 5.78 Å². The summed E-state index contributed by atoms with van der Waals surface area (Å²) in [5.41, 5.74) is 7.31. The van der Waals surface area contributed by atoms with Crippen molar-refractivity contribution >= 4 is 17.7 Å². The number of furan rings is 1. The van der Waals surface area contributed by atoms with Crippen LogP contribution in [0.15, 0.2) is 47.1 Å². The zero-order chi connectivity index (χ0) is 22.6. The molecule has 1 aliphatic rings. The number of ether oxygens (including phenoxy) is 1. The second-order valence-corrected chi connectivity index (χ2v) is 8.22. The topological polar surface area (TPSA) is 111 Å². The number of nitrogens with zero attached hydrogens (tertiary/aromatic N) is 7. The molecule has 10 heteroatoms. The van der Waals surface area contributed by atoms with E-state index in [1.165, 1.54) is 36.0 Å². The van der Waals surface area contributed by atoms with Gasteiger partial charge in [0.15, 0.2) is 5.76 Å². The van der Waals surface area contributed by atoms with Crippen LogP contribution in [0.5, 0.6) is 5.75 Å². The number of benzene rings is 1. The summed E-state index contributed by atoms with van der Waals surface area (Å²) in [7, 11) is 1.94. The molecule has 4 heterocycles. The fourth-order valence-electron chi connectivity index (χ4n) is 3.92. The van der Waals surface area contributed by atoms with Gasteiger partial charge in [-0.1, -0.05) is 12.1 Å². The van der Waals surface area contributed by atoms with Crippen molar-refractivity contribution in [1.82, 2.24) is 29.5 Å². The Labute approximate surface area is 192 Å². The highest BCUT2D eigenvalue weighted by molar-refractivity contribution is 5.53. The molecule has 10 nitrogen and oxygen atoms in total. The van der Waals surface area contributed by atoms with Crippen molar-refractivity contribution in [3.8, 4) is 17.3 Å². The lowest BCUT2D eigenvalue weighted by Crippen LogP contribution is -2.25. The summed E-state index contributed by atoms with van der Waals surface area (Å²) in [5.74, 6) is 2.99. The van der Waals surface area contributed by atoms with Crippen LogP contribution in [-0.4, -0.2) is 69.3 Å². The van der Waals surface area contributed by atoms with Crippen molar-refractivity contribution in [2.24, 2.45) is 0 Å². The standard InChI is InChI=1S/C23H28N8O2/c1-29(13-10-17-6-8-18(9-7-17)32-16-14-30-11-2-3-12-30)22-26-21(24)31-23(27-22)25-20(28-31)19-5-4-15-33-19/h4-9,15H,2-3,10-14,16H2,1H3,(H2,24,25,26,27,28). The Hall–Kier alpha value is -3.66. The summed E-state index contributed by atoms with van der Waals surface area (Å²) in [5, 5.41) is 4.33. The van der Waals surface area contributed by atoms with Crippen LogP contribution in [0.3, 0.4) is 0 Å². The number of fused-ring (bicyclic) bond motifs is 1. The van der Waals surface area contributed by atoms with Crippen molar-refractivity contribution in [1.29, 1.82) is 0 Å². The zero-order valence-corrected chi connectivity index (χ0v) is 18.7. The lowest BCUT2D eigenvalue weighted by atomic mass is 10.1. The van der Waals surface area contributed by atoms with E-state index >= 15 is 0 Å². The molecule has 0 atom stereocenters. The number of hydrogen-bond donors (Lipinski definition) is 1. The van der Waals surface area contributed by atoms with Gasteiger partial charge in [-0.25, -0.2) is 0 Å². The maximum absolute atomic E-state index is 6.10. The number of aromatic nitrogens is 5. The number of likely N-dealkylation sites (tertiary alicyclic amines) is 1. The molecule has 2 N–H and O–H groups in total. The highest BCUT2D eigenvalue weighted by Gasteiger charge is 2.16. The molecular formula is C23H28N8O2. The van der Waals surface area contributed by atoms with Crippen molar-refractivity contribution in [3.63, 3.8) is 0 Å². The molecule has 0 spiro atoms. The predicted molar refractivity (Wildman–Crippen MR) is 125 cm³/mol. The Kier molecular flexibility index (Phi) is 6.07. The van der Waals surface area contributed by atoms with Crippen LogP contribution in [0, 0.1) is 0 Å². The molecule has 1 aliphatic heterocycles. The van der Waals surface area contributed by atoms with Crippen molar-refractivity contribution < 1.29 is 9.15 Å². The van der Waals surface area contributed by atoms with E-state index in [-0.39, 0.29) is 5.95 Å². The first-order valence-corrected chi connectivity index (χ1v) is 11.2. The number of nitrogens with two attached hydrogens (primary N) is 1. The number of rotatable bonds is 9.